The molecule has 0 saturated heterocycles. The molecule has 0 bridgehead atoms. The molecule has 2 heterocycles. The molecule has 0 atom stereocenters. The van der Waals surface area contributed by atoms with Crippen LogP contribution in [0.2, 0.25) is 0 Å². The first-order valence-electron chi connectivity index (χ1n) is 5.45. The summed E-state index contributed by atoms with van der Waals surface area (Å²) in [6, 6.07) is 3.86. The minimum absolute atomic E-state index is 0.197. The highest BCUT2D eigenvalue weighted by atomic mass is 15.1. The Morgan fingerprint density at radius 2 is 2.35 bits per heavy atom. The van der Waals surface area contributed by atoms with Crippen molar-refractivity contribution in [1.29, 1.82) is 5.41 Å². The smallest absolute Gasteiger partial charge is 0.0970 e. The molecule has 17 heavy (non-hydrogen) atoms. The zero-order valence-corrected chi connectivity index (χ0v) is 9.70. The highest BCUT2D eigenvalue weighted by molar-refractivity contribution is 5.77. The maximum Gasteiger partial charge on any atom is 0.0970 e. The van der Waals surface area contributed by atoms with Crippen LogP contribution in [0.3, 0.4) is 0 Å². The number of hydrogen-bond acceptors (Lipinski definition) is 3. The van der Waals surface area contributed by atoms with E-state index < -0.39 is 0 Å². The third-order valence-corrected chi connectivity index (χ3v) is 2.65. The highest BCUT2D eigenvalue weighted by Crippen LogP contribution is 2.23. The average Bonchev–Trinajstić information content (AvgIpc) is 2.69. The van der Waals surface area contributed by atoms with Gasteiger partial charge in [-0.2, -0.15) is 5.10 Å². The third-order valence-electron chi connectivity index (χ3n) is 2.65. The van der Waals surface area contributed by atoms with E-state index >= 15 is 0 Å². The fraction of sp³-hybridized carbons (Fsp3) is 0.250. The first-order chi connectivity index (χ1) is 8.18. The lowest BCUT2D eigenvalue weighted by molar-refractivity contribution is 0.997. The zero-order valence-electron chi connectivity index (χ0n) is 9.70. The van der Waals surface area contributed by atoms with Gasteiger partial charge in [-0.25, -0.2) is 0 Å². The number of hydrogen-bond donors (Lipinski definition) is 3. The Bertz CT molecular complexity index is 515. The maximum atomic E-state index is 7.28. The molecule has 4 N–H and O–H groups in total. The molecule has 0 fully saturated rings. The standard InChI is InChI=1S/C12H15N5/c1-8-10(4-5-11(13)14)12(17-16-8)9-3-2-6-15-7-9/h2-3,6-7H,4-5H2,1H3,(H3,13,14)(H,16,17). The van der Waals surface area contributed by atoms with Crippen molar-refractivity contribution in [3.05, 3.63) is 35.8 Å². The van der Waals surface area contributed by atoms with Gasteiger partial charge in [0.2, 0.25) is 0 Å². The van der Waals surface area contributed by atoms with E-state index in [9.17, 15) is 0 Å². The van der Waals surface area contributed by atoms with E-state index in [2.05, 4.69) is 15.2 Å². The Hall–Kier alpha value is -2.17. The Morgan fingerprint density at radius 1 is 1.53 bits per heavy atom. The first kappa shape index (κ1) is 11.3. The third kappa shape index (κ3) is 2.50. The van der Waals surface area contributed by atoms with Crippen LogP contribution in [0.5, 0.6) is 0 Å². The predicted octanol–water partition coefficient (Wildman–Crippen LogP) is 1.65. The van der Waals surface area contributed by atoms with E-state index in [1.807, 2.05) is 19.1 Å². The molecule has 0 aromatic carbocycles. The van der Waals surface area contributed by atoms with Crippen molar-refractivity contribution >= 4 is 5.84 Å². The van der Waals surface area contributed by atoms with Crippen molar-refractivity contribution in [2.45, 2.75) is 19.8 Å². The Kier molecular flexibility index (Phi) is 3.18. The number of aromatic amines is 1. The van der Waals surface area contributed by atoms with Crippen molar-refractivity contribution in [1.82, 2.24) is 15.2 Å². The number of nitrogens with zero attached hydrogens (tertiary/aromatic N) is 2. The Labute approximate surface area is 99.6 Å². The van der Waals surface area contributed by atoms with Gasteiger partial charge >= 0.3 is 0 Å². The van der Waals surface area contributed by atoms with E-state index in [0.29, 0.717) is 6.42 Å². The summed E-state index contributed by atoms with van der Waals surface area (Å²) in [5, 5.41) is 14.5. The second-order valence-corrected chi connectivity index (χ2v) is 3.94. The quantitative estimate of drug-likeness (QED) is 0.550. The summed E-state index contributed by atoms with van der Waals surface area (Å²) in [6.07, 6.45) is 4.79. The first-order valence-corrected chi connectivity index (χ1v) is 5.45. The fourth-order valence-corrected chi connectivity index (χ4v) is 1.76. The van der Waals surface area contributed by atoms with Gasteiger partial charge in [-0.3, -0.25) is 15.5 Å². The number of pyridine rings is 1. The van der Waals surface area contributed by atoms with Crippen molar-refractivity contribution in [2.75, 3.05) is 0 Å². The topological polar surface area (TPSA) is 91.4 Å². The van der Waals surface area contributed by atoms with E-state index in [1.54, 1.807) is 12.4 Å². The van der Waals surface area contributed by atoms with Gasteiger partial charge in [-0.05, 0) is 25.5 Å². The van der Waals surface area contributed by atoms with Gasteiger partial charge in [0.1, 0.15) is 0 Å². The summed E-state index contributed by atoms with van der Waals surface area (Å²) in [6.45, 7) is 1.97. The van der Waals surface area contributed by atoms with E-state index in [4.69, 9.17) is 11.1 Å². The minimum Gasteiger partial charge on any atom is -0.388 e. The maximum absolute atomic E-state index is 7.28. The van der Waals surface area contributed by atoms with Crippen LogP contribution in [-0.2, 0) is 6.42 Å². The number of rotatable bonds is 4. The summed E-state index contributed by atoms with van der Waals surface area (Å²) in [5.74, 6) is 0.197. The molecule has 0 amide bonds. The molecular weight excluding hydrogens is 214 g/mol. The molecule has 0 saturated carbocycles. The molecule has 0 aliphatic carbocycles. The highest BCUT2D eigenvalue weighted by Gasteiger charge is 2.12. The number of aromatic nitrogens is 3. The van der Waals surface area contributed by atoms with Gasteiger partial charge in [-0.15, -0.1) is 0 Å². The van der Waals surface area contributed by atoms with Gasteiger partial charge in [0, 0.05) is 35.6 Å². The van der Waals surface area contributed by atoms with Gasteiger partial charge in [0.05, 0.1) is 11.5 Å². The summed E-state index contributed by atoms with van der Waals surface area (Å²) in [5.41, 5.74) is 9.39. The molecule has 0 radical (unpaired) electrons. The Morgan fingerprint density at radius 3 is 3.00 bits per heavy atom. The van der Waals surface area contributed by atoms with Crippen molar-refractivity contribution in [3.63, 3.8) is 0 Å². The second-order valence-electron chi connectivity index (χ2n) is 3.94. The summed E-state index contributed by atoms with van der Waals surface area (Å²) in [7, 11) is 0. The molecule has 5 heteroatoms. The molecule has 0 spiro atoms. The molecule has 2 aromatic heterocycles. The van der Waals surface area contributed by atoms with Crippen LogP contribution in [0.25, 0.3) is 11.3 Å². The minimum atomic E-state index is 0.197. The predicted molar refractivity (Wildman–Crippen MR) is 66.8 cm³/mol. The molecule has 0 aliphatic heterocycles. The molecule has 5 nitrogen and oxygen atoms in total. The monoisotopic (exact) mass is 229 g/mol. The van der Waals surface area contributed by atoms with E-state index in [1.165, 1.54) is 0 Å². The van der Waals surface area contributed by atoms with E-state index in [0.717, 1.165) is 28.9 Å². The summed E-state index contributed by atoms with van der Waals surface area (Å²) >= 11 is 0. The molecule has 88 valence electrons. The fourth-order valence-electron chi connectivity index (χ4n) is 1.76. The van der Waals surface area contributed by atoms with Crippen LogP contribution in [-0.4, -0.2) is 21.0 Å². The van der Waals surface area contributed by atoms with Gasteiger partial charge in [0.15, 0.2) is 0 Å². The average molecular weight is 229 g/mol. The number of amidine groups is 1. The SMILES string of the molecule is Cc1[nH]nc(-c2cccnc2)c1CCC(=N)N. The lowest BCUT2D eigenvalue weighted by atomic mass is 10.0. The second kappa shape index (κ2) is 4.78. The number of nitrogens with one attached hydrogen (secondary N) is 2. The molecule has 0 unspecified atom stereocenters. The largest absolute Gasteiger partial charge is 0.388 e. The molecular formula is C12H15N5. The zero-order chi connectivity index (χ0) is 12.3. The number of nitrogens with two attached hydrogens (primary N) is 1. The van der Waals surface area contributed by atoms with Crippen LogP contribution in [0, 0.1) is 12.3 Å². The van der Waals surface area contributed by atoms with Gasteiger partial charge in [0.25, 0.3) is 0 Å². The van der Waals surface area contributed by atoms with Crippen LogP contribution in [0.15, 0.2) is 24.5 Å². The van der Waals surface area contributed by atoms with Crippen molar-refractivity contribution in [3.8, 4) is 11.3 Å². The van der Waals surface area contributed by atoms with Crippen LogP contribution < -0.4 is 5.73 Å². The lowest BCUT2D eigenvalue weighted by Gasteiger charge is -2.03. The molecule has 0 aliphatic rings. The van der Waals surface area contributed by atoms with Gasteiger partial charge < -0.3 is 5.73 Å². The normalized spacial score (nSPS) is 10.4. The Balaban J connectivity index is 2.32. The summed E-state index contributed by atoms with van der Waals surface area (Å²) in [4.78, 5) is 4.09. The summed E-state index contributed by atoms with van der Waals surface area (Å²) < 4.78 is 0. The van der Waals surface area contributed by atoms with Crippen molar-refractivity contribution < 1.29 is 0 Å². The number of aryl methyl sites for hydroxylation is 1. The molecule has 2 rings (SSSR count). The number of H-pyrrole nitrogens is 1. The van der Waals surface area contributed by atoms with Crippen molar-refractivity contribution in [2.24, 2.45) is 5.73 Å². The lowest BCUT2D eigenvalue weighted by Crippen LogP contribution is -2.10. The van der Waals surface area contributed by atoms with Crippen LogP contribution >= 0.6 is 0 Å². The van der Waals surface area contributed by atoms with Gasteiger partial charge in [-0.1, -0.05) is 0 Å². The van der Waals surface area contributed by atoms with E-state index in [-0.39, 0.29) is 5.84 Å². The van der Waals surface area contributed by atoms with Crippen LogP contribution in [0.1, 0.15) is 17.7 Å². The molecule has 2 aromatic rings. The van der Waals surface area contributed by atoms with Crippen LogP contribution in [0.4, 0.5) is 0 Å².